The molecule has 110 valence electrons. The van der Waals surface area contributed by atoms with Crippen LogP contribution in [0.25, 0.3) is 0 Å². The second-order valence-electron chi connectivity index (χ2n) is 6.42. The van der Waals surface area contributed by atoms with E-state index in [2.05, 4.69) is 4.90 Å². The van der Waals surface area contributed by atoms with Gasteiger partial charge in [-0.05, 0) is 18.8 Å². The third-order valence-electron chi connectivity index (χ3n) is 4.72. The van der Waals surface area contributed by atoms with Crippen molar-refractivity contribution in [2.75, 3.05) is 26.2 Å². The molecule has 0 aromatic carbocycles. The van der Waals surface area contributed by atoms with Crippen molar-refractivity contribution >= 4 is 5.91 Å². The molecule has 0 radical (unpaired) electrons. The SMILES string of the molecule is CC(C)[C@@H](N)C(=O)N1CCN(C2CCCCC2)CC1. The average Bonchev–Trinajstić information content (AvgIpc) is 2.46. The molecule has 4 heteroatoms. The maximum absolute atomic E-state index is 12.2. The Morgan fingerprint density at radius 1 is 1.05 bits per heavy atom. The molecule has 0 bridgehead atoms. The summed E-state index contributed by atoms with van der Waals surface area (Å²) in [5, 5.41) is 0. The summed E-state index contributed by atoms with van der Waals surface area (Å²) in [6.45, 7) is 7.80. The standard InChI is InChI=1S/C15H29N3O/c1-12(2)14(16)15(19)18-10-8-17(9-11-18)13-6-4-3-5-7-13/h12-14H,3-11,16H2,1-2H3/t14-/m1/s1. The number of piperazine rings is 1. The molecule has 1 amide bonds. The summed E-state index contributed by atoms with van der Waals surface area (Å²) in [5.74, 6) is 0.363. The first kappa shape index (κ1) is 14.8. The highest BCUT2D eigenvalue weighted by molar-refractivity contribution is 5.82. The van der Waals surface area contributed by atoms with E-state index in [1.165, 1.54) is 32.1 Å². The van der Waals surface area contributed by atoms with Crippen LogP contribution in [0.5, 0.6) is 0 Å². The second kappa shape index (κ2) is 6.71. The normalized spacial score (nSPS) is 24.7. The molecule has 1 heterocycles. The molecule has 0 spiro atoms. The maximum atomic E-state index is 12.2. The first-order valence-corrected chi connectivity index (χ1v) is 7.88. The molecule has 2 N–H and O–H groups in total. The highest BCUT2D eigenvalue weighted by Crippen LogP contribution is 2.23. The molecular weight excluding hydrogens is 238 g/mol. The lowest BCUT2D eigenvalue weighted by atomic mass is 9.93. The number of nitrogens with zero attached hydrogens (tertiary/aromatic N) is 2. The van der Waals surface area contributed by atoms with Gasteiger partial charge in [0.15, 0.2) is 0 Å². The molecule has 0 aromatic heterocycles. The largest absolute Gasteiger partial charge is 0.339 e. The Labute approximate surface area is 117 Å². The molecule has 2 fully saturated rings. The van der Waals surface area contributed by atoms with Crippen molar-refractivity contribution < 1.29 is 4.79 Å². The molecule has 1 saturated carbocycles. The van der Waals surface area contributed by atoms with Gasteiger partial charge in [0.1, 0.15) is 0 Å². The van der Waals surface area contributed by atoms with Crippen LogP contribution in [0.1, 0.15) is 46.0 Å². The zero-order valence-corrected chi connectivity index (χ0v) is 12.5. The van der Waals surface area contributed by atoms with E-state index in [-0.39, 0.29) is 17.9 Å². The molecule has 1 atom stereocenters. The third kappa shape index (κ3) is 3.69. The van der Waals surface area contributed by atoms with E-state index in [9.17, 15) is 4.79 Å². The number of rotatable bonds is 3. The van der Waals surface area contributed by atoms with Crippen LogP contribution in [0.15, 0.2) is 0 Å². The van der Waals surface area contributed by atoms with Gasteiger partial charge < -0.3 is 10.6 Å². The highest BCUT2D eigenvalue weighted by atomic mass is 16.2. The van der Waals surface area contributed by atoms with Crippen molar-refractivity contribution in [3.8, 4) is 0 Å². The lowest BCUT2D eigenvalue weighted by molar-refractivity contribution is -0.135. The Balaban J connectivity index is 1.80. The fourth-order valence-corrected chi connectivity index (χ4v) is 3.25. The number of hydrogen-bond acceptors (Lipinski definition) is 3. The van der Waals surface area contributed by atoms with Crippen LogP contribution in [0, 0.1) is 5.92 Å². The van der Waals surface area contributed by atoms with E-state index in [4.69, 9.17) is 5.73 Å². The van der Waals surface area contributed by atoms with Gasteiger partial charge in [0.05, 0.1) is 6.04 Å². The first-order valence-electron chi connectivity index (χ1n) is 7.88. The van der Waals surface area contributed by atoms with Crippen molar-refractivity contribution in [3.05, 3.63) is 0 Å². The lowest BCUT2D eigenvalue weighted by Crippen LogP contribution is -2.56. The quantitative estimate of drug-likeness (QED) is 0.842. The van der Waals surface area contributed by atoms with Gasteiger partial charge in [0.2, 0.25) is 5.91 Å². The van der Waals surface area contributed by atoms with E-state index in [0.29, 0.717) is 0 Å². The van der Waals surface area contributed by atoms with E-state index < -0.39 is 0 Å². The van der Waals surface area contributed by atoms with Gasteiger partial charge in [-0.15, -0.1) is 0 Å². The number of nitrogens with two attached hydrogens (primary N) is 1. The fraction of sp³-hybridized carbons (Fsp3) is 0.933. The molecule has 2 rings (SSSR count). The summed E-state index contributed by atoms with van der Waals surface area (Å²) in [6, 6.07) is 0.436. The Kier molecular flexibility index (Phi) is 5.22. The third-order valence-corrected chi connectivity index (χ3v) is 4.72. The summed E-state index contributed by atoms with van der Waals surface area (Å²) in [7, 11) is 0. The predicted octanol–water partition coefficient (Wildman–Crippen LogP) is 1.45. The minimum atomic E-state index is -0.332. The van der Waals surface area contributed by atoms with Crippen molar-refractivity contribution in [1.29, 1.82) is 0 Å². The van der Waals surface area contributed by atoms with Crippen LogP contribution < -0.4 is 5.73 Å². The van der Waals surface area contributed by atoms with Gasteiger partial charge >= 0.3 is 0 Å². The first-order chi connectivity index (χ1) is 9.09. The van der Waals surface area contributed by atoms with Crippen LogP contribution in [0.3, 0.4) is 0 Å². The molecule has 1 aliphatic carbocycles. The predicted molar refractivity (Wildman–Crippen MR) is 77.8 cm³/mol. The zero-order valence-electron chi connectivity index (χ0n) is 12.5. The van der Waals surface area contributed by atoms with Crippen molar-refractivity contribution in [3.63, 3.8) is 0 Å². The molecule has 0 aromatic rings. The molecule has 19 heavy (non-hydrogen) atoms. The highest BCUT2D eigenvalue weighted by Gasteiger charge is 2.29. The van der Waals surface area contributed by atoms with Gasteiger partial charge in [0.25, 0.3) is 0 Å². The Bertz CT molecular complexity index is 292. The van der Waals surface area contributed by atoms with Crippen LogP contribution >= 0.6 is 0 Å². The minimum absolute atomic E-state index is 0.137. The maximum Gasteiger partial charge on any atom is 0.239 e. The van der Waals surface area contributed by atoms with Crippen LogP contribution in [-0.4, -0.2) is 54.0 Å². The second-order valence-corrected chi connectivity index (χ2v) is 6.42. The molecule has 4 nitrogen and oxygen atoms in total. The van der Waals surface area contributed by atoms with Crippen LogP contribution in [0.4, 0.5) is 0 Å². The molecular formula is C15H29N3O. The van der Waals surface area contributed by atoms with Crippen molar-refractivity contribution in [1.82, 2.24) is 9.80 Å². The molecule has 1 aliphatic heterocycles. The van der Waals surface area contributed by atoms with Gasteiger partial charge in [-0.3, -0.25) is 9.69 Å². The smallest absolute Gasteiger partial charge is 0.239 e. The van der Waals surface area contributed by atoms with Crippen LogP contribution in [-0.2, 0) is 4.79 Å². The van der Waals surface area contributed by atoms with Crippen molar-refractivity contribution in [2.45, 2.75) is 58.0 Å². The number of hydrogen-bond donors (Lipinski definition) is 1. The lowest BCUT2D eigenvalue weighted by Gasteiger charge is -2.41. The van der Waals surface area contributed by atoms with E-state index in [1.807, 2.05) is 18.7 Å². The van der Waals surface area contributed by atoms with Crippen molar-refractivity contribution in [2.24, 2.45) is 11.7 Å². The average molecular weight is 267 g/mol. The van der Waals surface area contributed by atoms with Crippen LogP contribution in [0.2, 0.25) is 0 Å². The summed E-state index contributed by atoms with van der Waals surface area (Å²) < 4.78 is 0. The topological polar surface area (TPSA) is 49.6 Å². The monoisotopic (exact) mass is 267 g/mol. The summed E-state index contributed by atoms with van der Waals surface area (Å²) in [4.78, 5) is 16.8. The zero-order chi connectivity index (χ0) is 13.8. The Morgan fingerprint density at radius 3 is 2.16 bits per heavy atom. The van der Waals surface area contributed by atoms with Gasteiger partial charge in [-0.25, -0.2) is 0 Å². The van der Waals surface area contributed by atoms with E-state index >= 15 is 0 Å². The summed E-state index contributed by atoms with van der Waals surface area (Å²) in [5.41, 5.74) is 5.96. The Hall–Kier alpha value is -0.610. The van der Waals surface area contributed by atoms with Gasteiger partial charge in [0, 0.05) is 32.2 Å². The van der Waals surface area contributed by atoms with Gasteiger partial charge in [-0.1, -0.05) is 33.1 Å². The van der Waals surface area contributed by atoms with E-state index in [0.717, 1.165) is 32.2 Å². The van der Waals surface area contributed by atoms with Gasteiger partial charge in [-0.2, -0.15) is 0 Å². The number of carbonyl (C=O) groups excluding carboxylic acids is 1. The summed E-state index contributed by atoms with van der Waals surface area (Å²) >= 11 is 0. The molecule has 0 unspecified atom stereocenters. The molecule has 1 saturated heterocycles. The molecule has 2 aliphatic rings. The fourth-order valence-electron chi connectivity index (χ4n) is 3.25. The van der Waals surface area contributed by atoms with E-state index in [1.54, 1.807) is 0 Å². The number of amides is 1. The number of carbonyl (C=O) groups is 1. The minimum Gasteiger partial charge on any atom is -0.339 e. The Morgan fingerprint density at radius 2 is 1.63 bits per heavy atom. The summed E-state index contributed by atoms with van der Waals surface area (Å²) in [6.07, 6.45) is 6.85.